The van der Waals surface area contributed by atoms with E-state index >= 15 is 0 Å². The van der Waals surface area contributed by atoms with Crippen LogP contribution in [-0.4, -0.2) is 42.6 Å². The van der Waals surface area contributed by atoms with Crippen molar-refractivity contribution >= 4 is 11.8 Å². The molecule has 27 heavy (non-hydrogen) atoms. The van der Waals surface area contributed by atoms with Gasteiger partial charge in [0.2, 0.25) is 0 Å². The number of hydrogen-bond donors (Lipinski definition) is 2. The summed E-state index contributed by atoms with van der Waals surface area (Å²) in [5.41, 5.74) is 1.58. The number of carbonyl (C=O) groups is 2. The van der Waals surface area contributed by atoms with Crippen LogP contribution in [-0.2, 0) is 11.2 Å². The molecule has 2 aromatic rings. The summed E-state index contributed by atoms with van der Waals surface area (Å²) in [6, 6.07) is 7.66. The Labute approximate surface area is 157 Å². The average molecular weight is 371 g/mol. The van der Waals surface area contributed by atoms with Gasteiger partial charge in [0.15, 0.2) is 0 Å². The monoisotopic (exact) mass is 371 g/mol. The molecule has 1 aromatic heterocycles. The Kier molecular flexibility index (Phi) is 6.49. The van der Waals surface area contributed by atoms with Gasteiger partial charge in [-0.2, -0.15) is 0 Å². The Bertz CT molecular complexity index is 789. The number of nitrogens with one attached hydrogen (secondary N) is 2. The lowest BCUT2D eigenvalue weighted by molar-refractivity contribution is 0.0857. The van der Waals surface area contributed by atoms with Crippen LogP contribution in [0.1, 0.15) is 39.1 Å². The highest BCUT2D eigenvalue weighted by Crippen LogP contribution is 2.11. The van der Waals surface area contributed by atoms with Crippen molar-refractivity contribution in [2.75, 3.05) is 19.7 Å². The number of carbonyl (C=O) groups excluding carboxylic acids is 2. The quantitative estimate of drug-likeness (QED) is 0.781. The summed E-state index contributed by atoms with van der Waals surface area (Å²) in [4.78, 5) is 28.5. The van der Waals surface area contributed by atoms with Crippen LogP contribution in [0.25, 0.3) is 0 Å². The molecule has 2 heterocycles. The third-order valence-electron chi connectivity index (χ3n) is 4.39. The van der Waals surface area contributed by atoms with Crippen molar-refractivity contribution < 1.29 is 18.7 Å². The molecule has 1 aliphatic rings. The van der Waals surface area contributed by atoms with E-state index < -0.39 is 0 Å². The fourth-order valence-corrected chi connectivity index (χ4v) is 2.88. The Morgan fingerprint density at radius 1 is 1.11 bits per heavy atom. The highest BCUT2D eigenvalue weighted by Gasteiger charge is 2.17. The molecular formula is C20H22FN3O3. The average Bonchev–Trinajstić information content (AvgIpc) is 3.21. The molecule has 0 spiro atoms. The van der Waals surface area contributed by atoms with Crippen LogP contribution in [0.4, 0.5) is 4.39 Å². The summed E-state index contributed by atoms with van der Waals surface area (Å²) in [6.07, 6.45) is 5.44. The molecule has 6 nitrogen and oxygen atoms in total. The first-order valence-corrected chi connectivity index (χ1v) is 8.99. The van der Waals surface area contributed by atoms with Crippen molar-refractivity contribution in [2.45, 2.75) is 25.4 Å². The molecule has 0 radical (unpaired) electrons. The number of ether oxygens (including phenoxy) is 1. The molecule has 2 N–H and O–H groups in total. The predicted octanol–water partition coefficient (Wildman–Crippen LogP) is 2.10. The zero-order valence-electron chi connectivity index (χ0n) is 14.9. The molecule has 142 valence electrons. The maximum Gasteiger partial charge on any atom is 0.252 e. The Morgan fingerprint density at radius 2 is 1.81 bits per heavy atom. The maximum atomic E-state index is 12.9. The molecule has 2 amide bonds. The van der Waals surface area contributed by atoms with Crippen LogP contribution in [0.15, 0.2) is 42.7 Å². The van der Waals surface area contributed by atoms with E-state index in [1.165, 1.54) is 30.6 Å². The summed E-state index contributed by atoms with van der Waals surface area (Å²) in [5.74, 6) is -0.874. The highest BCUT2D eigenvalue weighted by atomic mass is 19.1. The largest absolute Gasteiger partial charge is 0.376 e. The molecule has 1 aromatic carbocycles. The fraction of sp³-hybridized carbons (Fsp3) is 0.350. The minimum atomic E-state index is -0.307. The van der Waals surface area contributed by atoms with Crippen molar-refractivity contribution in [3.05, 3.63) is 65.2 Å². The number of pyridine rings is 1. The Balaban J connectivity index is 1.50. The van der Waals surface area contributed by atoms with Gasteiger partial charge in [-0.25, -0.2) is 4.39 Å². The van der Waals surface area contributed by atoms with E-state index in [2.05, 4.69) is 15.6 Å². The summed E-state index contributed by atoms with van der Waals surface area (Å²) in [7, 11) is 0. The molecule has 3 rings (SSSR count). The second-order valence-electron chi connectivity index (χ2n) is 6.44. The van der Waals surface area contributed by atoms with E-state index in [4.69, 9.17) is 4.74 Å². The molecular weight excluding hydrogens is 349 g/mol. The standard InChI is InChI=1S/C20H22FN3O3/c21-17-5-3-14(4-6-17)7-8-23-19(25)15-10-16(12-22-11-15)20(26)24-13-18-2-1-9-27-18/h3-6,10-12,18H,1-2,7-9,13H2,(H,23,25)(H,24,26). The van der Waals surface area contributed by atoms with Crippen molar-refractivity contribution in [3.8, 4) is 0 Å². The van der Waals surface area contributed by atoms with E-state index in [0.29, 0.717) is 30.6 Å². The number of aromatic nitrogens is 1. The van der Waals surface area contributed by atoms with E-state index in [0.717, 1.165) is 25.0 Å². The van der Waals surface area contributed by atoms with Crippen LogP contribution in [0.3, 0.4) is 0 Å². The van der Waals surface area contributed by atoms with Crippen molar-refractivity contribution in [3.63, 3.8) is 0 Å². The first-order chi connectivity index (χ1) is 13.1. The lowest BCUT2D eigenvalue weighted by Crippen LogP contribution is -2.32. The molecule has 1 aliphatic heterocycles. The van der Waals surface area contributed by atoms with Gasteiger partial charge in [0.1, 0.15) is 5.82 Å². The summed E-state index contributed by atoms with van der Waals surface area (Å²) in [5, 5.41) is 5.59. The summed E-state index contributed by atoms with van der Waals surface area (Å²) >= 11 is 0. The molecule has 1 fully saturated rings. The molecule has 1 unspecified atom stereocenters. The zero-order valence-corrected chi connectivity index (χ0v) is 14.9. The van der Waals surface area contributed by atoms with Gasteiger partial charge in [0.25, 0.3) is 11.8 Å². The fourth-order valence-electron chi connectivity index (χ4n) is 2.88. The van der Waals surface area contributed by atoms with Gasteiger partial charge >= 0.3 is 0 Å². The minimum Gasteiger partial charge on any atom is -0.376 e. The maximum absolute atomic E-state index is 12.9. The number of rotatable bonds is 7. The summed E-state index contributed by atoms with van der Waals surface area (Å²) in [6.45, 7) is 1.59. The number of hydrogen-bond acceptors (Lipinski definition) is 4. The molecule has 1 saturated heterocycles. The van der Waals surface area contributed by atoms with Crippen LogP contribution in [0.5, 0.6) is 0 Å². The van der Waals surface area contributed by atoms with Crippen LogP contribution < -0.4 is 10.6 Å². The van der Waals surface area contributed by atoms with Gasteiger partial charge in [-0.05, 0) is 43.0 Å². The van der Waals surface area contributed by atoms with E-state index in [1.807, 2.05) is 0 Å². The van der Waals surface area contributed by atoms with Crippen molar-refractivity contribution in [2.24, 2.45) is 0 Å². The highest BCUT2D eigenvalue weighted by molar-refractivity contribution is 5.99. The Morgan fingerprint density at radius 3 is 2.48 bits per heavy atom. The topological polar surface area (TPSA) is 80.3 Å². The molecule has 0 aliphatic carbocycles. The van der Waals surface area contributed by atoms with E-state index in [-0.39, 0.29) is 23.7 Å². The van der Waals surface area contributed by atoms with Gasteiger partial charge < -0.3 is 15.4 Å². The SMILES string of the molecule is O=C(NCCc1ccc(F)cc1)c1cncc(C(=O)NCC2CCCO2)c1. The number of amides is 2. The second-order valence-corrected chi connectivity index (χ2v) is 6.44. The molecule has 7 heteroatoms. The third-order valence-corrected chi connectivity index (χ3v) is 4.39. The Hall–Kier alpha value is -2.80. The first kappa shape index (κ1) is 19.0. The lowest BCUT2D eigenvalue weighted by atomic mass is 10.1. The second kappa shape index (κ2) is 9.23. The normalized spacial score (nSPS) is 16.1. The molecule has 0 bridgehead atoms. The van der Waals surface area contributed by atoms with Gasteiger partial charge in [-0.3, -0.25) is 14.6 Å². The van der Waals surface area contributed by atoms with Crippen LogP contribution in [0.2, 0.25) is 0 Å². The van der Waals surface area contributed by atoms with Crippen molar-refractivity contribution in [1.82, 2.24) is 15.6 Å². The minimum absolute atomic E-state index is 0.0554. The van der Waals surface area contributed by atoms with Gasteiger partial charge in [0, 0.05) is 32.1 Å². The summed E-state index contributed by atoms with van der Waals surface area (Å²) < 4.78 is 18.4. The van der Waals surface area contributed by atoms with Crippen molar-refractivity contribution in [1.29, 1.82) is 0 Å². The van der Waals surface area contributed by atoms with Gasteiger partial charge in [-0.1, -0.05) is 12.1 Å². The molecule has 1 atom stereocenters. The van der Waals surface area contributed by atoms with E-state index in [9.17, 15) is 14.0 Å². The van der Waals surface area contributed by atoms with Gasteiger partial charge in [0.05, 0.1) is 17.2 Å². The van der Waals surface area contributed by atoms with Crippen LogP contribution in [0, 0.1) is 5.82 Å². The number of nitrogens with zero attached hydrogens (tertiary/aromatic N) is 1. The lowest BCUT2D eigenvalue weighted by Gasteiger charge is -2.11. The zero-order chi connectivity index (χ0) is 19.1. The third kappa shape index (κ3) is 5.59. The smallest absolute Gasteiger partial charge is 0.252 e. The molecule has 0 saturated carbocycles. The number of benzene rings is 1. The number of halogens is 1. The van der Waals surface area contributed by atoms with Gasteiger partial charge in [-0.15, -0.1) is 0 Å². The first-order valence-electron chi connectivity index (χ1n) is 8.99. The van der Waals surface area contributed by atoms with E-state index in [1.54, 1.807) is 12.1 Å². The predicted molar refractivity (Wildman–Crippen MR) is 98.0 cm³/mol. The van der Waals surface area contributed by atoms with Crippen LogP contribution >= 0.6 is 0 Å².